The third kappa shape index (κ3) is 8.02. The van der Waals surface area contributed by atoms with Gasteiger partial charge in [0.15, 0.2) is 0 Å². The third-order valence-corrected chi connectivity index (χ3v) is 7.20. The molecule has 0 spiro atoms. The van der Waals surface area contributed by atoms with Gasteiger partial charge >= 0.3 is 5.97 Å². The van der Waals surface area contributed by atoms with E-state index in [1.165, 1.54) is 5.57 Å². The predicted molar refractivity (Wildman–Crippen MR) is 149 cm³/mol. The Labute approximate surface area is 222 Å². The molecule has 2 aliphatic carbocycles. The van der Waals surface area contributed by atoms with Gasteiger partial charge in [0.1, 0.15) is 17.9 Å². The van der Waals surface area contributed by atoms with Crippen LogP contribution in [0.4, 0.5) is 0 Å². The molecular weight excluding hydrogens is 464 g/mol. The van der Waals surface area contributed by atoms with E-state index in [1.54, 1.807) is 0 Å². The van der Waals surface area contributed by atoms with E-state index in [2.05, 4.69) is 26.5 Å². The zero-order chi connectivity index (χ0) is 27.7. The molecule has 2 atom stereocenters. The SMILES string of the molecule is C=C(C)[C@@H]1CCC(C)=C[C@H]1C1=C(O)C(C(=O)OC/C=C(\C)CCC=C(C)C)=C(CCCCC)C(=O)C1=O. The summed E-state index contributed by atoms with van der Waals surface area (Å²) in [4.78, 5) is 40.0. The van der Waals surface area contributed by atoms with Gasteiger partial charge in [0.25, 0.3) is 0 Å². The van der Waals surface area contributed by atoms with Crippen LogP contribution in [0, 0.1) is 11.8 Å². The van der Waals surface area contributed by atoms with Crippen molar-refractivity contribution in [3.8, 4) is 0 Å². The number of esters is 1. The normalized spacial score (nSPS) is 20.7. The molecular formula is C32H44O5. The van der Waals surface area contributed by atoms with Crippen LogP contribution in [0.5, 0.6) is 0 Å². The Morgan fingerprint density at radius 1 is 1.14 bits per heavy atom. The van der Waals surface area contributed by atoms with Crippen molar-refractivity contribution in [3.05, 3.63) is 69.6 Å². The van der Waals surface area contributed by atoms with Crippen molar-refractivity contribution < 1.29 is 24.2 Å². The molecule has 0 aromatic carbocycles. The predicted octanol–water partition coefficient (Wildman–Crippen LogP) is 7.61. The van der Waals surface area contributed by atoms with Crippen LogP contribution in [-0.4, -0.2) is 29.2 Å². The molecule has 0 aromatic heterocycles. The van der Waals surface area contributed by atoms with Crippen LogP contribution < -0.4 is 0 Å². The molecule has 202 valence electrons. The standard InChI is InChI=1S/C32H44O5/c1-8-9-10-14-25-28(32(36)37-18-17-22(6)13-11-12-20(2)3)30(34)27(31(35)29(25)33)26-19-23(7)15-16-24(26)21(4)5/h12,17,19,24,26,34H,4,8-11,13-16,18H2,1-3,5-7H3/b22-17+/t24-,26+/m0/s1. The van der Waals surface area contributed by atoms with Crippen LogP contribution in [-0.2, 0) is 19.1 Å². The Morgan fingerprint density at radius 2 is 1.84 bits per heavy atom. The quantitative estimate of drug-likeness (QED) is 0.0964. The third-order valence-electron chi connectivity index (χ3n) is 7.20. The molecule has 0 radical (unpaired) electrons. The molecule has 2 rings (SSSR count). The molecule has 5 nitrogen and oxygen atoms in total. The maximum atomic E-state index is 13.3. The van der Waals surface area contributed by atoms with Crippen molar-refractivity contribution in [2.45, 2.75) is 92.9 Å². The average molecular weight is 509 g/mol. The Bertz CT molecular complexity index is 1070. The maximum absolute atomic E-state index is 13.3. The van der Waals surface area contributed by atoms with Crippen LogP contribution in [0.3, 0.4) is 0 Å². The molecule has 5 heteroatoms. The highest BCUT2D eigenvalue weighted by Crippen LogP contribution is 2.42. The molecule has 0 aromatic rings. The lowest BCUT2D eigenvalue weighted by Crippen LogP contribution is -2.35. The van der Waals surface area contributed by atoms with E-state index in [1.807, 2.05) is 39.8 Å². The summed E-state index contributed by atoms with van der Waals surface area (Å²) in [6.07, 6.45) is 12.0. The summed E-state index contributed by atoms with van der Waals surface area (Å²) < 4.78 is 5.52. The van der Waals surface area contributed by atoms with Crippen molar-refractivity contribution >= 4 is 17.5 Å². The van der Waals surface area contributed by atoms with Gasteiger partial charge in [-0.05, 0) is 85.1 Å². The monoisotopic (exact) mass is 508 g/mol. The summed E-state index contributed by atoms with van der Waals surface area (Å²) in [7, 11) is 0. The van der Waals surface area contributed by atoms with E-state index in [-0.39, 0.29) is 35.7 Å². The Balaban J connectivity index is 2.44. The van der Waals surface area contributed by atoms with Crippen molar-refractivity contribution in [3.63, 3.8) is 0 Å². The zero-order valence-corrected chi connectivity index (χ0v) is 23.5. The van der Waals surface area contributed by atoms with E-state index in [4.69, 9.17) is 4.74 Å². The molecule has 0 fully saturated rings. The van der Waals surface area contributed by atoms with Crippen LogP contribution in [0.1, 0.15) is 92.9 Å². The average Bonchev–Trinajstić information content (AvgIpc) is 2.82. The van der Waals surface area contributed by atoms with Gasteiger partial charge in [-0.25, -0.2) is 4.79 Å². The molecule has 37 heavy (non-hydrogen) atoms. The minimum Gasteiger partial charge on any atom is -0.507 e. The molecule has 0 amide bonds. The smallest absolute Gasteiger partial charge is 0.342 e. The summed E-state index contributed by atoms with van der Waals surface area (Å²) in [6, 6.07) is 0. The summed E-state index contributed by atoms with van der Waals surface area (Å²) >= 11 is 0. The lowest BCUT2D eigenvalue weighted by atomic mass is 9.70. The van der Waals surface area contributed by atoms with Crippen molar-refractivity contribution in [2.75, 3.05) is 6.61 Å². The van der Waals surface area contributed by atoms with Crippen LogP contribution in [0.25, 0.3) is 0 Å². The van der Waals surface area contributed by atoms with E-state index < -0.39 is 29.2 Å². The number of carbonyl (C=O) groups excluding carboxylic acids is 3. The highest BCUT2D eigenvalue weighted by Gasteiger charge is 2.43. The fourth-order valence-electron chi connectivity index (χ4n) is 5.01. The second-order valence-electron chi connectivity index (χ2n) is 10.7. The number of ether oxygens (including phenoxy) is 1. The van der Waals surface area contributed by atoms with Gasteiger partial charge in [-0.1, -0.05) is 60.8 Å². The first-order valence-corrected chi connectivity index (χ1v) is 13.5. The van der Waals surface area contributed by atoms with E-state index in [0.29, 0.717) is 6.42 Å². The first-order chi connectivity index (χ1) is 17.5. The number of rotatable bonds is 12. The minimum absolute atomic E-state index is 0.00307. The number of Topliss-reactive ketones (excluding diaryl/α,β-unsaturated/α-hetero) is 2. The van der Waals surface area contributed by atoms with Crippen LogP contribution in [0.15, 0.2) is 69.6 Å². The number of carbonyl (C=O) groups is 3. The Hall–Kier alpha value is -2.95. The van der Waals surface area contributed by atoms with Crippen molar-refractivity contribution in [2.24, 2.45) is 11.8 Å². The van der Waals surface area contributed by atoms with Gasteiger partial charge in [-0.3, -0.25) is 9.59 Å². The largest absolute Gasteiger partial charge is 0.507 e. The van der Waals surface area contributed by atoms with E-state index in [9.17, 15) is 19.5 Å². The zero-order valence-electron chi connectivity index (χ0n) is 23.5. The number of hydrogen-bond acceptors (Lipinski definition) is 5. The summed E-state index contributed by atoms with van der Waals surface area (Å²) in [6.45, 7) is 16.1. The number of ketones is 2. The highest BCUT2D eigenvalue weighted by molar-refractivity contribution is 6.51. The van der Waals surface area contributed by atoms with Gasteiger partial charge in [-0.2, -0.15) is 0 Å². The fraction of sp³-hybridized carbons (Fsp3) is 0.531. The summed E-state index contributed by atoms with van der Waals surface area (Å²) in [5.74, 6) is -3.20. The first kappa shape index (κ1) is 30.3. The van der Waals surface area contributed by atoms with Gasteiger partial charge in [0.05, 0.1) is 5.57 Å². The topological polar surface area (TPSA) is 80.7 Å². The van der Waals surface area contributed by atoms with Gasteiger partial charge in [-0.15, -0.1) is 0 Å². The minimum atomic E-state index is -0.765. The van der Waals surface area contributed by atoms with E-state index in [0.717, 1.165) is 55.2 Å². The Kier molecular flexibility index (Phi) is 11.5. The van der Waals surface area contributed by atoms with Crippen LogP contribution >= 0.6 is 0 Å². The molecule has 0 aliphatic heterocycles. The van der Waals surface area contributed by atoms with Crippen molar-refractivity contribution in [1.82, 2.24) is 0 Å². The maximum Gasteiger partial charge on any atom is 0.342 e. The van der Waals surface area contributed by atoms with Gasteiger partial charge in [0, 0.05) is 11.5 Å². The second kappa shape index (κ2) is 14.1. The van der Waals surface area contributed by atoms with Gasteiger partial charge in [0.2, 0.25) is 11.6 Å². The molecule has 0 unspecified atom stereocenters. The number of aliphatic hydroxyl groups excluding tert-OH is 1. The Morgan fingerprint density at radius 3 is 2.46 bits per heavy atom. The fourth-order valence-corrected chi connectivity index (χ4v) is 5.01. The summed E-state index contributed by atoms with van der Waals surface area (Å²) in [5.41, 5.74) is 4.22. The number of aliphatic hydroxyl groups is 1. The molecule has 0 saturated carbocycles. The molecule has 0 bridgehead atoms. The van der Waals surface area contributed by atoms with Crippen LogP contribution in [0.2, 0.25) is 0 Å². The molecule has 2 aliphatic rings. The number of unbranched alkanes of at least 4 members (excludes halogenated alkanes) is 2. The van der Waals surface area contributed by atoms with E-state index >= 15 is 0 Å². The lowest BCUT2D eigenvalue weighted by Gasteiger charge is -2.33. The van der Waals surface area contributed by atoms with Crippen molar-refractivity contribution in [1.29, 1.82) is 0 Å². The first-order valence-electron chi connectivity index (χ1n) is 13.5. The highest BCUT2D eigenvalue weighted by atomic mass is 16.5. The molecule has 0 heterocycles. The summed E-state index contributed by atoms with van der Waals surface area (Å²) in [5, 5.41) is 11.4. The number of allylic oxidation sites excluding steroid dienone is 8. The number of hydrogen-bond donors (Lipinski definition) is 1. The van der Waals surface area contributed by atoms with Gasteiger partial charge < -0.3 is 9.84 Å². The second-order valence-corrected chi connectivity index (χ2v) is 10.7. The lowest BCUT2D eigenvalue weighted by molar-refractivity contribution is -0.138. The molecule has 1 N–H and O–H groups in total. The molecule has 0 saturated heterocycles.